The summed E-state index contributed by atoms with van der Waals surface area (Å²) < 4.78 is 5.07. The summed E-state index contributed by atoms with van der Waals surface area (Å²) in [7, 11) is 1.44. The van der Waals surface area contributed by atoms with Gasteiger partial charge in [0.05, 0.1) is 24.4 Å². The number of nitrogens with zero attached hydrogens (tertiary/aromatic N) is 1. The highest BCUT2D eigenvalue weighted by molar-refractivity contribution is 5.92. The number of carbonyl (C=O) groups excluding carboxylic acids is 1. The normalized spacial score (nSPS) is 9.47. The molecule has 1 amide bonds. The molecule has 0 aliphatic heterocycles. The molecule has 0 saturated carbocycles. The third-order valence-corrected chi connectivity index (χ3v) is 2.40. The van der Waals surface area contributed by atoms with Crippen molar-refractivity contribution < 1.29 is 19.4 Å². The second-order valence-corrected chi connectivity index (χ2v) is 3.82. The second kappa shape index (κ2) is 7.01. The van der Waals surface area contributed by atoms with Gasteiger partial charge in [0.2, 0.25) is 5.91 Å². The number of carboxylic acids is 1. The number of methoxy groups -OCH3 is 1. The van der Waals surface area contributed by atoms with Crippen molar-refractivity contribution in [3.8, 4) is 11.8 Å². The molecule has 0 fully saturated rings. The molecule has 0 unspecified atom stereocenters. The number of anilines is 1. The molecule has 0 aliphatic rings. The van der Waals surface area contributed by atoms with Crippen LogP contribution in [0.1, 0.15) is 24.8 Å². The van der Waals surface area contributed by atoms with E-state index in [4.69, 9.17) is 15.1 Å². The number of rotatable bonds is 6. The minimum absolute atomic E-state index is 0.0437. The van der Waals surface area contributed by atoms with Crippen molar-refractivity contribution >= 4 is 17.6 Å². The van der Waals surface area contributed by atoms with E-state index in [1.165, 1.54) is 13.2 Å². The van der Waals surface area contributed by atoms with Gasteiger partial charge in [-0.2, -0.15) is 5.26 Å². The number of carbonyl (C=O) groups is 2. The van der Waals surface area contributed by atoms with Crippen molar-refractivity contribution in [1.29, 1.82) is 5.26 Å². The van der Waals surface area contributed by atoms with E-state index in [0.717, 1.165) is 0 Å². The van der Waals surface area contributed by atoms with E-state index < -0.39 is 5.97 Å². The molecule has 0 saturated heterocycles. The summed E-state index contributed by atoms with van der Waals surface area (Å²) in [4.78, 5) is 21.9. The highest BCUT2D eigenvalue weighted by Crippen LogP contribution is 2.25. The Morgan fingerprint density at radius 1 is 1.42 bits per heavy atom. The minimum Gasteiger partial charge on any atom is -0.495 e. The topological polar surface area (TPSA) is 99.4 Å². The molecule has 0 spiro atoms. The van der Waals surface area contributed by atoms with E-state index in [9.17, 15) is 9.59 Å². The van der Waals surface area contributed by atoms with Crippen LogP contribution in [-0.4, -0.2) is 24.1 Å². The van der Waals surface area contributed by atoms with Crippen molar-refractivity contribution in [2.24, 2.45) is 0 Å². The lowest BCUT2D eigenvalue weighted by Gasteiger charge is -2.10. The maximum absolute atomic E-state index is 11.6. The Hall–Kier alpha value is -2.55. The summed E-state index contributed by atoms with van der Waals surface area (Å²) in [5, 5.41) is 19.8. The molecule has 100 valence electrons. The Bertz CT molecular complexity index is 520. The number of nitrogens with one attached hydrogen (secondary N) is 1. The predicted octanol–water partition coefficient (Wildman–Crippen LogP) is 1.76. The fraction of sp³-hybridized carbons (Fsp3) is 0.308. The van der Waals surface area contributed by atoms with Crippen LogP contribution in [0.2, 0.25) is 0 Å². The van der Waals surface area contributed by atoms with Crippen LogP contribution >= 0.6 is 0 Å². The molecule has 1 aromatic rings. The maximum atomic E-state index is 11.6. The smallest absolute Gasteiger partial charge is 0.303 e. The Labute approximate surface area is 110 Å². The van der Waals surface area contributed by atoms with Crippen LogP contribution in [0.25, 0.3) is 0 Å². The minimum atomic E-state index is -0.927. The van der Waals surface area contributed by atoms with Gasteiger partial charge >= 0.3 is 5.97 Å². The molecule has 1 rings (SSSR count). The van der Waals surface area contributed by atoms with Crippen LogP contribution in [-0.2, 0) is 9.59 Å². The van der Waals surface area contributed by atoms with Crippen LogP contribution in [0.15, 0.2) is 18.2 Å². The third-order valence-electron chi connectivity index (χ3n) is 2.40. The van der Waals surface area contributed by atoms with Crippen LogP contribution in [0.3, 0.4) is 0 Å². The van der Waals surface area contributed by atoms with Crippen LogP contribution < -0.4 is 10.1 Å². The summed E-state index contributed by atoms with van der Waals surface area (Å²) in [6, 6.07) is 6.63. The Morgan fingerprint density at radius 3 is 2.74 bits per heavy atom. The van der Waals surface area contributed by atoms with Gasteiger partial charge < -0.3 is 15.2 Å². The van der Waals surface area contributed by atoms with Crippen molar-refractivity contribution in [3.05, 3.63) is 23.8 Å². The molecule has 0 aromatic heterocycles. The lowest BCUT2D eigenvalue weighted by Crippen LogP contribution is -2.12. The monoisotopic (exact) mass is 262 g/mol. The van der Waals surface area contributed by atoms with Crippen LogP contribution in [0, 0.1) is 11.3 Å². The molecule has 0 radical (unpaired) electrons. The van der Waals surface area contributed by atoms with Gasteiger partial charge in [-0.25, -0.2) is 0 Å². The number of amides is 1. The number of nitriles is 1. The van der Waals surface area contributed by atoms with Gasteiger partial charge in [-0.1, -0.05) is 0 Å². The fourth-order valence-electron chi connectivity index (χ4n) is 1.48. The van der Waals surface area contributed by atoms with Gasteiger partial charge in [0.15, 0.2) is 0 Å². The van der Waals surface area contributed by atoms with Gasteiger partial charge in [0.1, 0.15) is 5.75 Å². The Balaban J connectivity index is 2.64. The molecular formula is C13H14N2O4. The quantitative estimate of drug-likeness (QED) is 0.813. The number of hydrogen-bond acceptors (Lipinski definition) is 4. The van der Waals surface area contributed by atoms with E-state index in [-0.39, 0.29) is 25.2 Å². The van der Waals surface area contributed by atoms with E-state index >= 15 is 0 Å². The summed E-state index contributed by atoms with van der Waals surface area (Å²) in [6.07, 6.45) is 0.354. The predicted molar refractivity (Wildman–Crippen MR) is 67.8 cm³/mol. The molecule has 0 atom stereocenters. The third kappa shape index (κ3) is 4.68. The molecule has 6 heteroatoms. The molecule has 0 aliphatic carbocycles. The molecule has 0 bridgehead atoms. The first-order chi connectivity index (χ1) is 9.06. The number of hydrogen-bond donors (Lipinski definition) is 2. The lowest BCUT2D eigenvalue weighted by atomic mass is 10.2. The average molecular weight is 262 g/mol. The Morgan fingerprint density at radius 2 is 2.16 bits per heavy atom. The summed E-state index contributed by atoms with van der Waals surface area (Å²) in [5.74, 6) is -0.821. The van der Waals surface area contributed by atoms with E-state index in [2.05, 4.69) is 5.32 Å². The SMILES string of the molecule is COc1cc(C#N)ccc1NC(=O)CCCC(=O)O. The maximum Gasteiger partial charge on any atom is 0.303 e. The van der Waals surface area contributed by atoms with Gasteiger partial charge in [-0.3, -0.25) is 9.59 Å². The van der Waals surface area contributed by atoms with Gasteiger partial charge in [0, 0.05) is 18.9 Å². The number of carboxylic acid groups (broad SMARTS) is 1. The largest absolute Gasteiger partial charge is 0.495 e. The molecule has 19 heavy (non-hydrogen) atoms. The molecular weight excluding hydrogens is 248 g/mol. The second-order valence-electron chi connectivity index (χ2n) is 3.82. The van der Waals surface area contributed by atoms with Crippen LogP contribution in [0.4, 0.5) is 5.69 Å². The highest BCUT2D eigenvalue weighted by atomic mass is 16.5. The van der Waals surface area contributed by atoms with Gasteiger partial charge in [0.25, 0.3) is 0 Å². The summed E-state index contributed by atoms with van der Waals surface area (Å²) in [5.41, 5.74) is 0.891. The average Bonchev–Trinajstić information content (AvgIpc) is 2.38. The Kier molecular flexibility index (Phi) is 5.35. The zero-order valence-corrected chi connectivity index (χ0v) is 10.5. The van der Waals surface area contributed by atoms with Gasteiger partial charge in [-0.15, -0.1) is 0 Å². The summed E-state index contributed by atoms with van der Waals surface area (Å²) >= 11 is 0. The van der Waals surface area contributed by atoms with Crippen molar-refractivity contribution in [2.75, 3.05) is 12.4 Å². The van der Waals surface area contributed by atoms with Crippen molar-refractivity contribution in [2.45, 2.75) is 19.3 Å². The number of aliphatic carboxylic acids is 1. The number of benzene rings is 1. The zero-order valence-electron chi connectivity index (χ0n) is 10.5. The van der Waals surface area contributed by atoms with E-state index in [0.29, 0.717) is 17.0 Å². The highest BCUT2D eigenvalue weighted by Gasteiger charge is 2.09. The molecule has 1 aromatic carbocycles. The lowest BCUT2D eigenvalue weighted by molar-refractivity contribution is -0.137. The standard InChI is InChI=1S/C13H14N2O4/c1-19-11-7-9(8-14)5-6-10(11)15-12(16)3-2-4-13(17)18/h5-7H,2-4H2,1H3,(H,15,16)(H,17,18). The van der Waals surface area contributed by atoms with Crippen LogP contribution in [0.5, 0.6) is 5.75 Å². The first-order valence-corrected chi connectivity index (χ1v) is 5.66. The molecule has 0 heterocycles. The zero-order chi connectivity index (χ0) is 14.3. The van der Waals surface area contributed by atoms with E-state index in [1.807, 2.05) is 6.07 Å². The summed E-state index contributed by atoms with van der Waals surface area (Å²) in [6.45, 7) is 0. The fourth-order valence-corrected chi connectivity index (χ4v) is 1.48. The first kappa shape index (κ1) is 14.5. The van der Waals surface area contributed by atoms with Gasteiger partial charge in [-0.05, 0) is 18.6 Å². The van der Waals surface area contributed by atoms with E-state index in [1.54, 1.807) is 12.1 Å². The molecule has 2 N–H and O–H groups in total. The van der Waals surface area contributed by atoms with Crippen molar-refractivity contribution in [1.82, 2.24) is 0 Å². The van der Waals surface area contributed by atoms with Crippen molar-refractivity contribution in [3.63, 3.8) is 0 Å². The number of ether oxygens (including phenoxy) is 1. The first-order valence-electron chi connectivity index (χ1n) is 5.66. The molecule has 6 nitrogen and oxygen atoms in total.